The van der Waals surface area contributed by atoms with Crippen molar-refractivity contribution in [3.63, 3.8) is 0 Å². The Bertz CT molecular complexity index is 138. The van der Waals surface area contributed by atoms with Gasteiger partial charge in [0.25, 0.3) is 0 Å². The van der Waals surface area contributed by atoms with Gasteiger partial charge < -0.3 is 5.32 Å². The highest BCUT2D eigenvalue weighted by atomic mass is 19.1. The first-order valence-corrected chi connectivity index (χ1v) is 6.22. The molecule has 0 aromatic rings. The van der Waals surface area contributed by atoms with Crippen LogP contribution in [-0.2, 0) is 0 Å². The molecule has 1 saturated carbocycles. The van der Waals surface area contributed by atoms with Crippen molar-refractivity contribution in [3.8, 4) is 0 Å². The third-order valence-corrected chi connectivity index (χ3v) is 3.12. The molecule has 14 heavy (non-hydrogen) atoms. The first-order valence-electron chi connectivity index (χ1n) is 6.22. The van der Waals surface area contributed by atoms with Gasteiger partial charge in [-0.3, -0.25) is 0 Å². The summed E-state index contributed by atoms with van der Waals surface area (Å²) in [5.74, 6) is 0. The van der Waals surface area contributed by atoms with Gasteiger partial charge >= 0.3 is 0 Å². The summed E-state index contributed by atoms with van der Waals surface area (Å²) in [6.07, 6.45) is 8.57. The molecule has 0 aromatic carbocycles. The van der Waals surface area contributed by atoms with Crippen molar-refractivity contribution in [2.24, 2.45) is 0 Å². The molecule has 0 spiro atoms. The Morgan fingerprint density at radius 3 is 2.64 bits per heavy atom. The Morgan fingerprint density at radius 2 is 1.93 bits per heavy atom. The van der Waals surface area contributed by atoms with E-state index in [0.717, 1.165) is 25.8 Å². The molecule has 1 aliphatic rings. The van der Waals surface area contributed by atoms with Crippen molar-refractivity contribution in [2.75, 3.05) is 6.54 Å². The van der Waals surface area contributed by atoms with E-state index in [2.05, 4.69) is 12.2 Å². The van der Waals surface area contributed by atoms with Gasteiger partial charge in [0.15, 0.2) is 0 Å². The van der Waals surface area contributed by atoms with Crippen LogP contribution in [0.25, 0.3) is 0 Å². The maximum Gasteiger partial charge on any atom is 0.115 e. The molecule has 0 bridgehead atoms. The summed E-state index contributed by atoms with van der Waals surface area (Å²) in [5.41, 5.74) is 0. The Labute approximate surface area is 87.5 Å². The van der Waals surface area contributed by atoms with Crippen molar-refractivity contribution in [1.82, 2.24) is 5.32 Å². The minimum absolute atomic E-state index is 0.158. The fraction of sp³-hybridized carbons (Fsp3) is 1.00. The number of nitrogens with one attached hydrogen (secondary N) is 1. The number of hydrogen-bond acceptors (Lipinski definition) is 1. The summed E-state index contributed by atoms with van der Waals surface area (Å²) in [6, 6.07) is 0.158. The predicted molar refractivity (Wildman–Crippen MR) is 59.3 cm³/mol. The Kier molecular flexibility index (Phi) is 6.17. The molecule has 0 radical (unpaired) electrons. The molecule has 0 heterocycles. The average Bonchev–Trinajstić information content (AvgIpc) is 2.20. The molecular formula is C12H24FN. The highest BCUT2D eigenvalue weighted by molar-refractivity contribution is 4.80. The first kappa shape index (κ1) is 12.0. The third-order valence-electron chi connectivity index (χ3n) is 3.12. The van der Waals surface area contributed by atoms with Gasteiger partial charge in [0.2, 0.25) is 0 Å². The molecule has 0 unspecified atom stereocenters. The Balaban J connectivity index is 1.99. The Hall–Kier alpha value is -0.110. The molecule has 2 atom stereocenters. The summed E-state index contributed by atoms with van der Waals surface area (Å²) in [5, 5.41) is 3.36. The van der Waals surface area contributed by atoms with Crippen LogP contribution in [0, 0.1) is 0 Å². The lowest BCUT2D eigenvalue weighted by Gasteiger charge is -2.26. The molecule has 1 nitrogen and oxygen atoms in total. The lowest BCUT2D eigenvalue weighted by atomic mass is 9.93. The first-order chi connectivity index (χ1) is 6.84. The van der Waals surface area contributed by atoms with Gasteiger partial charge in [-0.2, -0.15) is 0 Å². The van der Waals surface area contributed by atoms with E-state index in [4.69, 9.17) is 0 Å². The summed E-state index contributed by atoms with van der Waals surface area (Å²) in [7, 11) is 0. The van der Waals surface area contributed by atoms with Crippen LogP contribution in [0.4, 0.5) is 4.39 Å². The second-order valence-corrected chi connectivity index (χ2v) is 4.42. The zero-order valence-corrected chi connectivity index (χ0v) is 9.40. The van der Waals surface area contributed by atoms with Crippen molar-refractivity contribution < 1.29 is 4.39 Å². The van der Waals surface area contributed by atoms with Crippen LogP contribution in [0.2, 0.25) is 0 Å². The number of unbranched alkanes of at least 4 members (excludes halogenated alkanes) is 3. The highest BCUT2D eigenvalue weighted by Crippen LogP contribution is 2.21. The van der Waals surface area contributed by atoms with E-state index in [-0.39, 0.29) is 6.04 Å². The van der Waals surface area contributed by atoms with Crippen molar-refractivity contribution in [3.05, 3.63) is 0 Å². The topological polar surface area (TPSA) is 12.0 Å². The second kappa shape index (κ2) is 7.22. The smallest absolute Gasteiger partial charge is 0.115 e. The van der Waals surface area contributed by atoms with Gasteiger partial charge in [-0.25, -0.2) is 4.39 Å². The van der Waals surface area contributed by atoms with Crippen LogP contribution in [0.3, 0.4) is 0 Å². The molecule has 0 amide bonds. The van der Waals surface area contributed by atoms with Gasteiger partial charge in [0.05, 0.1) is 0 Å². The molecule has 2 heteroatoms. The molecule has 1 aliphatic carbocycles. The van der Waals surface area contributed by atoms with E-state index in [9.17, 15) is 4.39 Å². The van der Waals surface area contributed by atoms with Crippen molar-refractivity contribution in [2.45, 2.75) is 70.5 Å². The monoisotopic (exact) mass is 201 g/mol. The highest BCUT2D eigenvalue weighted by Gasteiger charge is 2.23. The van der Waals surface area contributed by atoms with Gasteiger partial charge in [0, 0.05) is 6.04 Å². The quantitative estimate of drug-likeness (QED) is 0.649. The third kappa shape index (κ3) is 4.41. The summed E-state index contributed by atoms with van der Waals surface area (Å²) >= 11 is 0. The molecule has 0 saturated heterocycles. The molecular weight excluding hydrogens is 177 g/mol. The number of rotatable bonds is 6. The van der Waals surface area contributed by atoms with Crippen molar-refractivity contribution >= 4 is 0 Å². The molecule has 0 aromatic heterocycles. The summed E-state index contributed by atoms with van der Waals surface area (Å²) < 4.78 is 13.4. The number of halogens is 1. The normalized spacial score (nSPS) is 27.9. The molecule has 1 rings (SSSR count). The zero-order valence-electron chi connectivity index (χ0n) is 9.40. The van der Waals surface area contributed by atoms with Crippen LogP contribution < -0.4 is 5.32 Å². The molecule has 0 aliphatic heterocycles. The van der Waals surface area contributed by atoms with E-state index in [0.29, 0.717) is 0 Å². The van der Waals surface area contributed by atoms with Gasteiger partial charge in [-0.15, -0.1) is 0 Å². The maximum absolute atomic E-state index is 13.4. The van der Waals surface area contributed by atoms with Crippen LogP contribution in [0.15, 0.2) is 0 Å². The average molecular weight is 201 g/mol. The summed E-state index contributed by atoms with van der Waals surface area (Å²) in [6.45, 7) is 3.22. The SMILES string of the molecule is CCCCCCN[C@H]1CCCC[C@H]1F. The standard InChI is InChI=1S/C12H24FN/c1-2-3-4-7-10-14-12-9-6-5-8-11(12)13/h11-12,14H,2-10H2,1H3/t11-,12+/m1/s1. The van der Waals surface area contributed by atoms with E-state index in [1.807, 2.05) is 0 Å². The zero-order chi connectivity index (χ0) is 10.2. The van der Waals surface area contributed by atoms with E-state index in [1.54, 1.807) is 0 Å². The van der Waals surface area contributed by atoms with Crippen LogP contribution in [-0.4, -0.2) is 18.8 Å². The Morgan fingerprint density at radius 1 is 1.14 bits per heavy atom. The maximum atomic E-state index is 13.4. The van der Waals surface area contributed by atoms with E-state index < -0.39 is 6.17 Å². The fourth-order valence-corrected chi connectivity index (χ4v) is 2.15. The van der Waals surface area contributed by atoms with Crippen LogP contribution in [0.5, 0.6) is 0 Å². The predicted octanol–water partition coefficient (Wildman–Crippen LogP) is 3.44. The van der Waals surface area contributed by atoms with Crippen LogP contribution in [0.1, 0.15) is 58.3 Å². The van der Waals surface area contributed by atoms with Gasteiger partial charge in [-0.1, -0.05) is 39.0 Å². The second-order valence-electron chi connectivity index (χ2n) is 4.42. The molecule has 84 valence electrons. The lowest BCUT2D eigenvalue weighted by molar-refractivity contribution is 0.189. The van der Waals surface area contributed by atoms with E-state index >= 15 is 0 Å². The molecule has 1 N–H and O–H groups in total. The summed E-state index contributed by atoms with van der Waals surface area (Å²) in [4.78, 5) is 0. The number of hydrogen-bond donors (Lipinski definition) is 1. The largest absolute Gasteiger partial charge is 0.311 e. The minimum Gasteiger partial charge on any atom is -0.311 e. The van der Waals surface area contributed by atoms with Gasteiger partial charge in [-0.05, 0) is 25.8 Å². The van der Waals surface area contributed by atoms with E-state index in [1.165, 1.54) is 32.1 Å². The number of alkyl halides is 1. The van der Waals surface area contributed by atoms with Crippen LogP contribution >= 0.6 is 0 Å². The van der Waals surface area contributed by atoms with Crippen molar-refractivity contribution in [1.29, 1.82) is 0 Å². The molecule has 1 fully saturated rings. The fourth-order valence-electron chi connectivity index (χ4n) is 2.15. The van der Waals surface area contributed by atoms with Gasteiger partial charge in [0.1, 0.15) is 6.17 Å². The lowest BCUT2D eigenvalue weighted by Crippen LogP contribution is -2.40. The minimum atomic E-state index is -0.588.